The SMILES string of the molecule is C/C=C1/N=C(N)[C@@H](CC)N(C2CCCC2)/C1=N/C(=C(\C)CC)n1ccc(C(=O)O)n1. The van der Waals surface area contributed by atoms with Gasteiger partial charge in [-0.3, -0.25) is 0 Å². The Morgan fingerprint density at radius 2 is 2.07 bits per heavy atom. The van der Waals surface area contributed by atoms with Crippen LogP contribution in [0, 0.1) is 0 Å². The fourth-order valence-electron chi connectivity index (χ4n) is 4.17. The Morgan fingerprint density at radius 3 is 2.60 bits per heavy atom. The fraction of sp³-hybridized carbons (Fsp3) is 0.545. The van der Waals surface area contributed by atoms with Gasteiger partial charge in [-0.25, -0.2) is 19.5 Å². The van der Waals surface area contributed by atoms with Gasteiger partial charge in [0.15, 0.2) is 17.4 Å². The summed E-state index contributed by atoms with van der Waals surface area (Å²) < 4.78 is 1.55. The summed E-state index contributed by atoms with van der Waals surface area (Å²) in [6.45, 7) is 8.10. The number of hydrogen-bond acceptors (Lipinski definition) is 5. The summed E-state index contributed by atoms with van der Waals surface area (Å²) in [5.74, 6) is 0.993. The first-order valence-corrected chi connectivity index (χ1v) is 10.8. The molecule has 0 aromatic carbocycles. The van der Waals surface area contributed by atoms with Crippen molar-refractivity contribution >= 4 is 23.5 Å². The molecule has 0 radical (unpaired) electrons. The first-order valence-electron chi connectivity index (χ1n) is 10.8. The molecule has 162 valence electrons. The van der Waals surface area contributed by atoms with Crippen LogP contribution in [0.4, 0.5) is 0 Å². The molecule has 1 aromatic rings. The first-order chi connectivity index (χ1) is 14.4. The smallest absolute Gasteiger partial charge is 0.356 e. The van der Waals surface area contributed by atoms with Crippen molar-refractivity contribution in [2.75, 3.05) is 0 Å². The van der Waals surface area contributed by atoms with Gasteiger partial charge in [0.2, 0.25) is 0 Å². The molecule has 30 heavy (non-hydrogen) atoms. The van der Waals surface area contributed by atoms with Gasteiger partial charge in [-0.2, -0.15) is 5.10 Å². The highest BCUT2D eigenvalue weighted by molar-refractivity contribution is 6.08. The minimum absolute atomic E-state index is 0.00550. The minimum atomic E-state index is -1.06. The number of carbonyl (C=O) groups is 1. The van der Waals surface area contributed by atoms with E-state index in [2.05, 4.69) is 21.9 Å². The lowest BCUT2D eigenvalue weighted by atomic mass is 10.0. The summed E-state index contributed by atoms with van der Waals surface area (Å²) in [7, 11) is 0. The number of allylic oxidation sites excluding steroid dienone is 2. The van der Waals surface area contributed by atoms with Crippen LogP contribution in [0.15, 0.2) is 39.6 Å². The van der Waals surface area contributed by atoms with E-state index in [-0.39, 0.29) is 11.7 Å². The van der Waals surface area contributed by atoms with Gasteiger partial charge in [-0.1, -0.05) is 32.8 Å². The molecule has 0 saturated heterocycles. The Morgan fingerprint density at radius 1 is 1.37 bits per heavy atom. The summed E-state index contributed by atoms with van der Waals surface area (Å²) in [4.78, 5) is 23.4. The van der Waals surface area contributed by atoms with Crippen LogP contribution >= 0.6 is 0 Å². The molecule has 0 spiro atoms. The number of aromatic nitrogens is 2. The maximum atomic E-state index is 11.3. The molecule has 8 nitrogen and oxygen atoms in total. The Balaban J connectivity index is 2.17. The van der Waals surface area contributed by atoms with Crippen LogP contribution in [-0.4, -0.2) is 49.5 Å². The van der Waals surface area contributed by atoms with Gasteiger partial charge in [0.25, 0.3) is 0 Å². The summed E-state index contributed by atoms with van der Waals surface area (Å²) in [6, 6.07) is 1.86. The van der Waals surface area contributed by atoms with E-state index in [1.807, 2.05) is 26.8 Å². The maximum absolute atomic E-state index is 11.3. The van der Waals surface area contributed by atoms with E-state index in [1.54, 1.807) is 10.9 Å². The summed E-state index contributed by atoms with van der Waals surface area (Å²) in [6.07, 6.45) is 9.81. The fourth-order valence-corrected chi connectivity index (χ4v) is 4.17. The van der Waals surface area contributed by atoms with Crippen molar-refractivity contribution in [3.05, 3.63) is 35.3 Å². The number of nitrogens with two attached hydrogens (primary N) is 1. The van der Waals surface area contributed by atoms with Gasteiger partial charge in [0, 0.05) is 12.2 Å². The topological polar surface area (TPSA) is 109 Å². The van der Waals surface area contributed by atoms with Gasteiger partial charge in [0.1, 0.15) is 11.5 Å². The molecule has 3 rings (SSSR count). The highest BCUT2D eigenvalue weighted by Crippen LogP contribution is 2.32. The monoisotopic (exact) mass is 412 g/mol. The number of carboxylic acids is 1. The number of nitrogens with zero attached hydrogens (tertiary/aromatic N) is 5. The van der Waals surface area contributed by atoms with Crippen LogP contribution in [0.5, 0.6) is 0 Å². The Bertz CT molecular complexity index is 918. The zero-order valence-electron chi connectivity index (χ0n) is 18.3. The molecular weight excluding hydrogens is 380 g/mol. The summed E-state index contributed by atoms with van der Waals surface area (Å²) in [5.41, 5.74) is 8.11. The standard InChI is InChI=1S/C22H32N6O2/c1-5-14(4)20(27-13-12-17(26-27)22(29)30)25-21-16(6-2)24-19(23)18(7-3)28(21)15-10-8-9-11-15/h6,12-13,15,18H,5,7-11H2,1-4H3,(H2,23,24)(H,29,30)/b16-6+,20-14-,25-21+/t18-/m1/s1. The van der Waals surface area contributed by atoms with Crippen LogP contribution in [0.2, 0.25) is 0 Å². The van der Waals surface area contributed by atoms with E-state index in [4.69, 9.17) is 10.7 Å². The van der Waals surface area contributed by atoms with E-state index >= 15 is 0 Å². The highest BCUT2D eigenvalue weighted by atomic mass is 16.4. The van der Waals surface area contributed by atoms with Crippen molar-refractivity contribution in [1.29, 1.82) is 0 Å². The van der Waals surface area contributed by atoms with Gasteiger partial charge in [0.05, 0.1) is 6.04 Å². The van der Waals surface area contributed by atoms with Crippen molar-refractivity contribution in [2.24, 2.45) is 15.7 Å². The lowest BCUT2D eigenvalue weighted by Crippen LogP contribution is -2.55. The molecular formula is C22H32N6O2. The Hall–Kier alpha value is -2.90. The second-order valence-corrected chi connectivity index (χ2v) is 7.82. The van der Waals surface area contributed by atoms with Crippen molar-refractivity contribution < 1.29 is 9.90 Å². The molecule has 2 aliphatic rings. The summed E-state index contributed by atoms with van der Waals surface area (Å²) >= 11 is 0. The number of carboxylic acid groups (broad SMARTS) is 1. The van der Waals surface area contributed by atoms with Crippen LogP contribution in [-0.2, 0) is 0 Å². The predicted molar refractivity (Wildman–Crippen MR) is 119 cm³/mol. The Kier molecular flexibility index (Phi) is 6.74. The third kappa shape index (κ3) is 4.17. The average molecular weight is 413 g/mol. The molecule has 1 atom stereocenters. The average Bonchev–Trinajstić information content (AvgIpc) is 3.43. The summed E-state index contributed by atoms with van der Waals surface area (Å²) in [5, 5.41) is 13.5. The second-order valence-electron chi connectivity index (χ2n) is 7.82. The maximum Gasteiger partial charge on any atom is 0.356 e. The Labute approximate surface area is 177 Å². The van der Waals surface area contributed by atoms with E-state index in [0.29, 0.717) is 17.7 Å². The highest BCUT2D eigenvalue weighted by Gasteiger charge is 2.37. The number of aromatic carboxylic acids is 1. The molecule has 8 heteroatoms. The molecule has 0 unspecified atom stereocenters. The largest absolute Gasteiger partial charge is 0.476 e. The van der Waals surface area contributed by atoms with Crippen molar-refractivity contribution in [2.45, 2.75) is 78.3 Å². The van der Waals surface area contributed by atoms with Gasteiger partial charge >= 0.3 is 5.97 Å². The number of amidine groups is 2. The zero-order valence-corrected chi connectivity index (χ0v) is 18.3. The van der Waals surface area contributed by atoms with Crippen molar-refractivity contribution in [3.8, 4) is 0 Å². The lowest BCUT2D eigenvalue weighted by molar-refractivity contribution is 0.0690. The molecule has 3 N–H and O–H groups in total. The quantitative estimate of drug-likeness (QED) is 0.737. The van der Waals surface area contributed by atoms with Gasteiger partial charge < -0.3 is 15.7 Å². The third-order valence-corrected chi connectivity index (χ3v) is 5.93. The zero-order chi connectivity index (χ0) is 21.8. The van der Waals surface area contributed by atoms with Gasteiger partial charge in [-0.15, -0.1) is 0 Å². The van der Waals surface area contributed by atoms with Crippen LogP contribution in [0.25, 0.3) is 5.82 Å². The molecule has 0 bridgehead atoms. The van der Waals surface area contributed by atoms with E-state index in [1.165, 1.54) is 18.9 Å². The first kappa shape index (κ1) is 21.8. The predicted octanol–water partition coefficient (Wildman–Crippen LogP) is 3.88. The molecule has 1 saturated carbocycles. The lowest BCUT2D eigenvalue weighted by Gasteiger charge is -2.41. The van der Waals surface area contributed by atoms with E-state index in [0.717, 1.165) is 42.8 Å². The number of rotatable bonds is 6. The molecule has 2 heterocycles. The minimum Gasteiger partial charge on any atom is -0.476 e. The molecule has 1 aliphatic heterocycles. The van der Waals surface area contributed by atoms with Gasteiger partial charge in [-0.05, 0) is 51.2 Å². The molecule has 0 amide bonds. The molecule has 1 aromatic heterocycles. The number of aliphatic imine (C=N–C) groups is 2. The van der Waals surface area contributed by atoms with Crippen LogP contribution in [0.3, 0.4) is 0 Å². The van der Waals surface area contributed by atoms with E-state index in [9.17, 15) is 9.90 Å². The van der Waals surface area contributed by atoms with Crippen molar-refractivity contribution in [1.82, 2.24) is 14.7 Å². The van der Waals surface area contributed by atoms with E-state index < -0.39 is 5.97 Å². The van der Waals surface area contributed by atoms with Crippen LogP contribution < -0.4 is 5.73 Å². The van der Waals surface area contributed by atoms with Crippen LogP contribution in [0.1, 0.15) is 76.7 Å². The van der Waals surface area contributed by atoms with Crippen molar-refractivity contribution in [3.63, 3.8) is 0 Å². The number of hydrogen-bond donors (Lipinski definition) is 2. The normalized spacial score (nSPS) is 23.8. The second kappa shape index (κ2) is 9.28. The molecule has 1 fully saturated rings. The molecule has 1 aliphatic carbocycles. The third-order valence-electron chi connectivity index (χ3n) is 5.93.